The molecule has 0 aromatic heterocycles. The molecule has 6 atom stereocenters. The van der Waals surface area contributed by atoms with Crippen molar-refractivity contribution in [3.8, 4) is 0 Å². The Morgan fingerprint density at radius 3 is 2.10 bits per heavy atom. The van der Waals surface area contributed by atoms with Crippen molar-refractivity contribution in [2.24, 2.45) is 0 Å². The number of carbonyl (C=O) groups excluding carboxylic acids is 1. The van der Waals surface area contributed by atoms with Crippen molar-refractivity contribution in [2.75, 3.05) is 0 Å². The third kappa shape index (κ3) is 4.28. The van der Waals surface area contributed by atoms with Crippen molar-refractivity contribution >= 4 is 28.0 Å². The molecule has 0 radical (unpaired) electrons. The Balaban J connectivity index is 1.52. The van der Waals surface area contributed by atoms with E-state index in [0.717, 1.165) is 10.0 Å². The minimum Gasteiger partial charge on any atom is -0.453 e. The Labute approximate surface area is 178 Å². The molecule has 158 valence electrons. The Hall–Kier alpha value is -1.29. The van der Waals surface area contributed by atoms with Gasteiger partial charge in [0.2, 0.25) is 0 Å². The molecule has 29 heavy (non-hydrogen) atoms. The standard InChI is InChI=1S/C21H25BrO7/c1-20(2)26-16-14(24)15(17-19(18(16)28-20)29-21(3,4)27-17)25-13(23)10-7-11-5-8-12(22)9-6-11/h5-10,14-19,24H,1-4H3/b10-7+/t14-,15-,16+,17+,18+,19+/m0/s1. The summed E-state index contributed by atoms with van der Waals surface area (Å²) in [6, 6.07) is 7.50. The van der Waals surface area contributed by atoms with E-state index in [1.807, 2.05) is 24.3 Å². The van der Waals surface area contributed by atoms with Crippen LogP contribution in [-0.2, 0) is 28.5 Å². The lowest BCUT2D eigenvalue weighted by molar-refractivity contribution is -0.196. The van der Waals surface area contributed by atoms with Gasteiger partial charge in [0.15, 0.2) is 17.7 Å². The predicted octanol–water partition coefficient (Wildman–Crippen LogP) is 2.79. The minimum atomic E-state index is -1.11. The van der Waals surface area contributed by atoms with Gasteiger partial charge < -0.3 is 28.8 Å². The van der Waals surface area contributed by atoms with Crippen LogP contribution in [0.25, 0.3) is 6.08 Å². The van der Waals surface area contributed by atoms with E-state index >= 15 is 0 Å². The number of aliphatic hydroxyl groups excluding tert-OH is 1. The van der Waals surface area contributed by atoms with Crippen LogP contribution in [-0.4, -0.2) is 59.3 Å². The minimum absolute atomic E-state index is 0.514. The fourth-order valence-electron chi connectivity index (χ4n) is 4.09. The summed E-state index contributed by atoms with van der Waals surface area (Å²) in [4.78, 5) is 12.5. The van der Waals surface area contributed by atoms with Gasteiger partial charge >= 0.3 is 5.97 Å². The summed E-state index contributed by atoms with van der Waals surface area (Å²) in [6.07, 6.45) is -1.45. The van der Waals surface area contributed by atoms with E-state index in [-0.39, 0.29) is 0 Å². The molecule has 1 saturated carbocycles. The van der Waals surface area contributed by atoms with E-state index in [0.29, 0.717) is 0 Å². The van der Waals surface area contributed by atoms with Crippen molar-refractivity contribution in [1.29, 1.82) is 0 Å². The van der Waals surface area contributed by atoms with Crippen LogP contribution in [0.1, 0.15) is 33.3 Å². The van der Waals surface area contributed by atoms with Crippen LogP contribution >= 0.6 is 15.9 Å². The zero-order valence-electron chi connectivity index (χ0n) is 16.7. The molecule has 3 aliphatic rings. The molecule has 2 heterocycles. The van der Waals surface area contributed by atoms with Gasteiger partial charge in [-0.05, 0) is 51.5 Å². The third-order valence-electron chi connectivity index (χ3n) is 5.18. The summed E-state index contributed by atoms with van der Waals surface area (Å²) in [6.45, 7) is 7.10. The molecular formula is C21H25BrO7. The van der Waals surface area contributed by atoms with Gasteiger partial charge in [-0.3, -0.25) is 0 Å². The SMILES string of the molecule is CC1(C)O[C@H]2[C@@H]3OC(C)(C)O[C@@H]3[C@@H](O)[C@H](OC(=O)/C=C/c3ccc(Br)cc3)[C@H]2O1. The summed E-state index contributed by atoms with van der Waals surface area (Å²) in [5.41, 5.74) is 0.850. The molecule has 0 amide bonds. The van der Waals surface area contributed by atoms with Gasteiger partial charge in [-0.1, -0.05) is 28.1 Å². The summed E-state index contributed by atoms with van der Waals surface area (Å²) >= 11 is 3.37. The van der Waals surface area contributed by atoms with Gasteiger partial charge in [0.25, 0.3) is 0 Å². The molecule has 7 nitrogen and oxygen atoms in total. The fraction of sp³-hybridized carbons (Fsp3) is 0.571. The van der Waals surface area contributed by atoms with Crippen molar-refractivity contribution in [3.63, 3.8) is 0 Å². The van der Waals surface area contributed by atoms with E-state index < -0.39 is 54.2 Å². The van der Waals surface area contributed by atoms with Crippen LogP contribution in [0, 0.1) is 0 Å². The maximum atomic E-state index is 12.5. The molecule has 0 unspecified atom stereocenters. The van der Waals surface area contributed by atoms with Gasteiger partial charge in [0.05, 0.1) is 0 Å². The molecular weight excluding hydrogens is 444 g/mol. The Morgan fingerprint density at radius 1 is 0.966 bits per heavy atom. The second kappa shape index (κ2) is 7.44. The van der Waals surface area contributed by atoms with Crippen LogP contribution in [0.15, 0.2) is 34.8 Å². The number of rotatable bonds is 3. The van der Waals surface area contributed by atoms with E-state index in [4.69, 9.17) is 23.7 Å². The maximum Gasteiger partial charge on any atom is 0.331 e. The zero-order chi connectivity index (χ0) is 21.0. The summed E-state index contributed by atoms with van der Waals surface area (Å²) in [7, 11) is 0. The Bertz CT molecular complexity index is 804. The van der Waals surface area contributed by atoms with Crippen molar-refractivity contribution in [2.45, 2.75) is 75.9 Å². The first-order valence-electron chi connectivity index (χ1n) is 9.58. The lowest BCUT2D eigenvalue weighted by Gasteiger charge is -2.40. The monoisotopic (exact) mass is 468 g/mol. The van der Waals surface area contributed by atoms with Crippen LogP contribution in [0.3, 0.4) is 0 Å². The quantitative estimate of drug-likeness (QED) is 0.539. The number of halogens is 1. The highest BCUT2D eigenvalue weighted by Gasteiger charge is 2.64. The van der Waals surface area contributed by atoms with Gasteiger partial charge in [0.1, 0.15) is 30.5 Å². The summed E-state index contributed by atoms with van der Waals surface area (Å²) in [5.74, 6) is -2.35. The third-order valence-corrected chi connectivity index (χ3v) is 5.71. The highest BCUT2D eigenvalue weighted by atomic mass is 79.9. The fourth-order valence-corrected chi connectivity index (χ4v) is 4.35. The number of fused-ring (bicyclic) bond motifs is 3. The summed E-state index contributed by atoms with van der Waals surface area (Å²) < 4.78 is 30.4. The molecule has 8 heteroatoms. The van der Waals surface area contributed by atoms with Crippen LogP contribution in [0.4, 0.5) is 0 Å². The number of hydrogen-bond donors (Lipinski definition) is 1. The first-order valence-corrected chi connectivity index (χ1v) is 10.4. The first-order chi connectivity index (χ1) is 13.5. The number of esters is 1. The topological polar surface area (TPSA) is 83.5 Å². The normalized spacial score (nSPS) is 37.3. The molecule has 0 bridgehead atoms. The second-order valence-electron chi connectivity index (χ2n) is 8.41. The first kappa shape index (κ1) is 21.0. The number of hydrogen-bond acceptors (Lipinski definition) is 7. The van der Waals surface area contributed by atoms with Gasteiger partial charge in [-0.15, -0.1) is 0 Å². The highest BCUT2D eigenvalue weighted by molar-refractivity contribution is 9.10. The maximum absolute atomic E-state index is 12.5. The number of benzene rings is 1. The summed E-state index contributed by atoms with van der Waals surface area (Å²) in [5, 5.41) is 10.9. The zero-order valence-corrected chi connectivity index (χ0v) is 18.3. The van der Waals surface area contributed by atoms with Gasteiger partial charge in [-0.25, -0.2) is 4.79 Å². The molecule has 2 saturated heterocycles. The van der Waals surface area contributed by atoms with Crippen LogP contribution < -0.4 is 0 Å². The second-order valence-corrected chi connectivity index (χ2v) is 9.32. The van der Waals surface area contributed by atoms with E-state index in [2.05, 4.69) is 15.9 Å². The van der Waals surface area contributed by atoms with E-state index in [1.165, 1.54) is 6.08 Å². The Morgan fingerprint density at radius 2 is 1.48 bits per heavy atom. The largest absolute Gasteiger partial charge is 0.453 e. The van der Waals surface area contributed by atoms with E-state index in [1.54, 1.807) is 33.8 Å². The van der Waals surface area contributed by atoms with Crippen molar-refractivity contribution in [3.05, 3.63) is 40.4 Å². The predicted molar refractivity (Wildman–Crippen MR) is 107 cm³/mol. The smallest absolute Gasteiger partial charge is 0.331 e. The van der Waals surface area contributed by atoms with Crippen LogP contribution in [0.2, 0.25) is 0 Å². The van der Waals surface area contributed by atoms with Crippen molar-refractivity contribution in [1.82, 2.24) is 0 Å². The Kier molecular flexibility index (Phi) is 5.38. The lowest BCUT2D eigenvalue weighted by atomic mass is 9.85. The highest BCUT2D eigenvalue weighted by Crippen LogP contribution is 2.45. The molecule has 4 rings (SSSR count). The molecule has 1 aromatic rings. The number of ether oxygens (including phenoxy) is 5. The molecule has 1 N–H and O–H groups in total. The molecule has 0 spiro atoms. The number of carbonyl (C=O) groups is 1. The van der Waals surface area contributed by atoms with Crippen molar-refractivity contribution < 1.29 is 33.6 Å². The lowest BCUT2D eigenvalue weighted by Crippen LogP contribution is -2.62. The molecule has 2 aliphatic heterocycles. The van der Waals surface area contributed by atoms with Crippen LogP contribution in [0.5, 0.6) is 0 Å². The van der Waals surface area contributed by atoms with E-state index in [9.17, 15) is 9.90 Å². The van der Waals surface area contributed by atoms with Gasteiger partial charge in [-0.2, -0.15) is 0 Å². The average Bonchev–Trinajstić information content (AvgIpc) is 3.13. The molecule has 1 aromatic carbocycles. The molecule has 1 aliphatic carbocycles. The molecule has 3 fully saturated rings. The van der Waals surface area contributed by atoms with Gasteiger partial charge in [0, 0.05) is 10.5 Å². The number of aliphatic hydroxyl groups is 1. The average molecular weight is 469 g/mol.